The highest BCUT2D eigenvalue weighted by atomic mass is 35.5. The number of nitrogens with zero attached hydrogens (tertiary/aromatic N) is 5. The molecule has 0 unspecified atom stereocenters. The van der Waals surface area contributed by atoms with Crippen LogP contribution in [0.25, 0.3) is 0 Å². The lowest BCUT2D eigenvalue weighted by Gasteiger charge is -2.03. The van der Waals surface area contributed by atoms with Crippen molar-refractivity contribution in [3.8, 4) is 6.01 Å². The van der Waals surface area contributed by atoms with E-state index >= 15 is 0 Å². The molecule has 0 aliphatic carbocycles. The Hall–Kier alpha value is -0.640. The Morgan fingerprint density at radius 3 is 2.68 bits per heavy atom. The number of hydrogen-bond acceptors (Lipinski definition) is 9. The zero-order valence-corrected chi connectivity index (χ0v) is 13.4. The molecule has 2 heterocycles. The molecular weight excluding hydrogens is 326 g/mol. The first-order chi connectivity index (χ1) is 9.21. The number of halogens is 1. The first-order valence-corrected chi connectivity index (χ1v) is 8.54. The summed E-state index contributed by atoms with van der Waals surface area (Å²) in [4.78, 5) is 12.1. The van der Waals surface area contributed by atoms with Crippen molar-refractivity contribution in [1.82, 2.24) is 25.1 Å². The minimum Gasteiger partial charge on any atom is -0.463 e. The van der Waals surface area contributed by atoms with Crippen LogP contribution in [-0.2, 0) is 0 Å². The molecule has 0 N–H and O–H groups in total. The molecular formula is C9H10ClN5OS3. The van der Waals surface area contributed by atoms with Crippen molar-refractivity contribution in [3.05, 3.63) is 5.28 Å². The maximum Gasteiger partial charge on any atom is 0.321 e. The summed E-state index contributed by atoms with van der Waals surface area (Å²) in [5.41, 5.74) is 0. The molecule has 0 aromatic carbocycles. The summed E-state index contributed by atoms with van der Waals surface area (Å²) in [6.07, 6.45) is 2.82. The highest BCUT2D eigenvalue weighted by molar-refractivity contribution is 8.02. The second kappa shape index (κ2) is 7.22. The molecule has 6 nitrogen and oxygen atoms in total. The first kappa shape index (κ1) is 14.8. The van der Waals surface area contributed by atoms with E-state index in [2.05, 4.69) is 25.1 Å². The van der Waals surface area contributed by atoms with Gasteiger partial charge >= 0.3 is 6.01 Å². The molecule has 19 heavy (non-hydrogen) atoms. The second-order valence-electron chi connectivity index (χ2n) is 3.16. The molecule has 0 saturated heterocycles. The van der Waals surface area contributed by atoms with Crippen molar-refractivity contribution in [3.63, 3.8) is 0 Å². The summed E-state index contributed by atoms with van der Waals surface area (Å²) < 4.78 is 7.00. The van der Waals surface area contributed by atoms with E-state index in [9.17, 15) is 0 Å². The van der Waals surface area contributed by atoms with Crippen LogP contribution in [0.3, 0.4) is 0 Å². The van der Waals surface area contributed by atoms with Crippen molar-refractivity contribution in [1.29, 1.82) is 0 Å². The van der Waals surface area contributed by atoms with Gasteiger partial charge in [-0.25, -0.2) is 0 Å². The normalized spacial score (nSPS) is 10.7. The predicted molar refractivity (Wildman–Crippen MR) is 76.4 cm³/mol. The van der Waals surface area contributed by atoms with Gasteiger partial charge < -0.3 is 4.74 Å². The molecule has 0 amide bonds. The minimum absolute atomic E-state index is 0.109. The van der Waals surface area contributed by atoms with Crippen LogP contribution in [-0.4, -0.2) is 38.0 Å². The van der Waals surface area contributed by atoms with Gasteiger partial charge in [0.1, 0.15) is 0 Å². The molecule has 2 aromatic rings. The van der Waals surface area contributed by atoms with Gasteiger partial charge in [0.2, 0.25) is 10.4 Å². The molecule has 102 valence electrons. The monoisotopic (exact) mass is 335 g/mol. The van der Waals surface area contributed by atoms with E-state index in [1.807, 2.05) is 13.2 Å². The van der Waals surface area contributed by atoms with E-state index < -0.39 is 0 Å². The van der Waals surface area contributed by atoms with Gasteiger partial charge in [-0.05, 0) is 36.0 Å². The number of aromatic nitrogens is 5. The standard InChI is InChI=1S/C9H10ClN5OS3/c1-3-4-16-6-11-5(10)12-7(13-6)18-9-15-14-8(17-2)19-9/h3-4H2,1-2H3. The molecule has 10 heteroatoms. The Kier molecular flexibility index (Phi) is 5.61. The lowest BCUT2D eigenvalue weighted by molar-refractivity contribution is 0.288. The Bertz CT molecular complexity index is 552. The van der Waals surface area contributed by atoms with Crippen LogP contribution in [0.2, 0.25) is 5.28 Å². The minimum atomic E-state index is 0.109. The summed E-state index contributed by atoms with van der Waals surface area (Å²) >= 11 is 10.1. The van der Waals surface area contributed by atoms with Gasteiger partial charge in [-0.2, -0.15) is 15.0 Å². The van der Waals surface area contributed by atoms with E-state index in [-0.39, 0.29) is 11.3 Å². The van der Waals surface area contributed by atoms with Crippen molar-refractivity contribution < 1.29 is 4.74 Å². The van der Waals surface area contributed by atoms with Gasteiger partial charge in [0.25, 0.3) is 0 Å². The average molecular weight is 336 g/mol. The number of rotatable bonds is 6. The van der Waals surface area contributed by atoms with Gasteiger partial charge in [-0.1, -0.05) is 30.0 Å². The third-order valence-electron chi connectivity index (χ3n) is 1.74. The van der Waals surface area contributed by atoms with Crippen LogP contribution < -0.4 is 4.74 Å². The van der Waals surface area contributed by atoms with Crippen molar-refractivity contribution in [2.45, 2.75) is 27.2 Å². The van der Waals surface area contributed by atoms with E-state index in [1.54, 1.807) is 11.8 Å². The Morgan fingerprint density at radius 2 is 2.00 bits per heavy atom. The van der Waals surface area contributed by atoms with Crippen LogP contribution in [0, 0.1) is 0 Å². The fourth-order valence-corrected chi connectivity index (χ4v) is 3.50. The number of hydrogen-bond donors (Lipinski definition) is 0. The molecule has 0 spiro atoms. The van der Waals surface area contributed by atoms with Gasteiger partial charge in [-0.15, -0.1) is 10.2 Å². The predicted octanol–water partition coefficient (Wildman–Crippen LogP) is 3.04. The van der Waals surface area contributed by atoms with Gasteiger partial charge in [0.15, 0.2) is 8.68 Å². The summed E-state index contributed by atoms with van der Waals surface area (Å²) in [6.45, 7) is 2.55. The smallest absolute Gasteiger partial charge is 0.321 e. The summed E-state index contributed by atoms with van der Waals surface area (Å²) in [5.74, 6) is 0. The summed E-state index contributed by atoms with van der Waals surface area (Å²) in [7, 11) is 0. The molecule has 0 atom stereocenters. The third kappa shape index (κ3) is 4.44. The molecule has 0 saturated carbocycles. The van der Waals surface area contributed by atoms with Crippen LogP contribution in [0.15, 0.2) is 13.8 Å². The maximum atomic E-state index is 5.84. The number of ether oxygens (including phenoxy) is 1. The van der Waals surface area contributed by atoms with Crippen LogP contribution in [0.4, 0.5) is 0 Å². The summed E-state index contributed by atoms with van der Waals surface area (Å²) in [6, 6.07) is 0.235. The molecule has 0 bridgehead atoms. The fraction of sp³-hybridized carbons (Fsp3) is 0.444. The zero-order chi connectivity index (χ0) is 13.7. The van der Waals surface area contributed by atoms with Crippen LogP contribution >= 0.6 is 46.5 Å². The molecule has 0 aliphatic rings. The van der Waals surface area contributed by atoms with Gasteiger partial charge in [-0.3, -0.25) is 0 Å². The summed E-state index contributed by atoms with van der Waals surface area (Å²) in [5, 5.41) is 8.59. The lowest BCUT2D eigenvalue weighted by atomic mass is 10.5. The van der Waals surface area contributed by atoms with Crippen molar-refractivity contribution in [2.75, 3.05) is 12.9 Å². The highest BCUT2D eigenvalue weighted by Gasteiger charge is 2.11. The highest BCUT2D eigenvalue weighted by Crippen LogP contribution is 2.31. The second-order valence-corrected chi connectivity index (χ2v) is 6.74. The Morgan fingerprint density at radius 1 is 1.21 bits per heavy atom. The van der Waals surface area contributed by atoms with E-state index in [4.69, 9.17) is 16.3 Å². The van der Waals surface area contributed by atoms with Crippen LogP contribution in [0.5, 0.6) is 6.01 Å². The Balaban J connectivity index is 2.12. The van der Waals surface area contributed by atoms with E-state index in [0.717, 1.165) is 15.1 Å². The van der Waals surface area contributed by atoms with E-state index in [1.165, 1.54) is 23.1 Å². The molecule has 0 aliphatic heterocycles. The fourth-order valence-electron chi connectivity index (χ4n) is 1.02. The van der Waals surface area contributed by atoms with Crippen molar-refractivity contribution in [2.24, 2.45) is 0 Å². The van der Waals surface area contributed by atoms with Crippen LogP contribution in [0.1, 0.15) is 13.3 Å². The first-order valence-electron chi connectivity index (χ1n) is 5.31. The van der Waals surface area contributed by atoms with Crippen molar-refractivity contribution >= 4 is 46.5 Å². The molecule has 2 aromatic heterocycles. The maximum absolute atomic E-state index is 5.84. The third-order valence-corrected chi connectivity index (χ3v) is 4.73. The van der Waals surface area contributed by atoms with Gasteiger partial charge in [0, 0.05) is 0 Å². The molecule has 0 fully saturated rings. The quantitative estimate of drug-likeness (QED) is 0.746. The Labute approximate surface area is 127 Å². The lowest BCUT2D eigenvalue weighted by Crippen LogP contribution is -2.02. The number of thioether (sulfide) groups is 1. The topological polar surface area (TPSA) is 73.7 Å². The molecule has 0 radical (unpaired) electrons. The SMILES string of the molecule is CCCOc1nc(Cl)nc(Sc2nnc(SC)s2)n1. The zero-order valence-electron chi connectivity index (χ0n) is 10.2. The van der Waals surface area contributed by atoms with E-state index in [0.29, 0.717) is 11.8 Å². The molecule has 2 rings (SSSR count). The average Bonchev–Trinajstić information content (AvgIpc) is 2.83. The van der Waals surface area contributed by atoms with Gasteiger partial charge in [0.05, 0.1) is 6.61 Å². The largest absolute Gasteiger partial charge is 0.463 e.